The van der Waals surface area contributed by atoms with Crippen LogP contribution >= 0.6 is 0 Å². The highest BCUT2D eigenvalue weighted by Gasteiger charge is 2.40. The molecule has 0 unspecified atom stereocenters. The summed E-state index contributed by atoms with van der Waals surface area (Å²) in [6.07, 6.45) is 1.48. The summed E-state index contributed by atoms with van der Waals surface area (Å²) in [5.41, 5.74) is 0.167. The molecule has 2 aromatic heterocycles. The fourth-order valence-corrected chi connectivity index (χ4v) is 4.62. The summed E-state index contributed by atoms with van der Waals surface area (Å²) in [4.78, 5) is 22.9. The van der Waals surface area contributed by atoms with Gasteiger partial charge in [0.2, 0.25) is 0 Å². The van der Waals surface area contributed by atoms with E-state index in [9.17, 15) is 23.1 Å². The molecule has 3 heterocycles. The van der Waals surface area contributed by atoms with E-state index in [1.54, 1.807) is 0 Å². The quantitative estimate of drug-likeness (QED) is 0.569. The van der Waals surface area contributed by atoms with Gasteiger partial charge in [-0.1, -0.05) is 0 Å². The number of fused-ring (bicyclic) bond motifs is 1. The average Bonchev–Trinajstić information content (AvgIpc) is 3.48. The molecule has 11 heteroatoms. The van der Waals surface area contributed by atoms with E-state index in [0.717, 1.165) is 31.0 Å². The molecule has 8 nitrogen and oxygen atoms in total. The molecule has 0 bridgehead atoms. The fraction of sp³-hybridized carbons (Fsp3) is 0.429. The molecule has 0 radical (unpaired) electrons. The Hall–Kier alpha value is -3.21. The first kappa shape index (κ1) is 20.7. The zero-order valence-electron chi connectivity index (χ0n) is 16.9. The number of hydrogen-bond donors (Lipinski definition) is 3. The summed E-state index contributed by atoms with van der Waals surface area (Å²) in [5.74, 6) is -1.68. The zero-order chi connectivity index (χ0) is 22.4. The lowest BCUT2D eigenvalue weighted by Gasteiger charge is -2.25. The number of alkyl halides is 1. The number of aliphatic hydroxyl groups excluding tert-OH is 1. The molecule has 5 rings (SSSR count). The second kappa shape index (κ2) is 8.05. The van der Waals surface area contributed by atoms with Crippen LogP contribution in [-0.4, -0.2) is 60.9 Å². The van der Waals surface area contributed by atoms with Crippen LogP contribution in [0.2, 0.25) is 0 Å². The van der Waals surface area contributed by atoms with Crippen molar-refractivity contribution in [2.24, 2.45) is 0 Å². The summed E-state index contributed by atoms with van der Waals surface area (Å²) in [6.45, 7) is -0.266. The van der Waals surface area contributed by atoms with Gasteiger partial charge in [0.1, 0.15) is 35.6 Å². The number of amides is 1. The van der Waals surface area contributed by atoms with Crippen LogP contribution in [0.25, 0.3) is 11.0 Å². The summed E-state index contributed by atoms with van der Waals surface area (Å²) in [5, 5.41) is 20.3. The van der Waals surface area contributed by atoms with E-state index in [2.05, 4.69) is 25.5 Å². The smallest absolute Gasteiger partial charge is 0.273 e. The maximum Gasteiger partial charge on any atom is 0.273 e. The number of H-pyrrole nitrogens is 1. The molecular weight excluding hydrogens is 425 g/mol. The maximum atomic E-state index is 14.4. The Morgan fingerprint density at radius 2 is 2.09 bits per heavy atom. The van der Waals surface area contributed by atoms with Crippen LogP contribution in [0.1, 0.15) is 47.8 Å². The van der Waals surface area contributed by atoms with Crippen LogP contribution in [0.4, 0.5) is 19.0 Å². The number of aliphatic hydroxyl groups is 1. The highest BCUT2D eigenvalue weighted by molar-refractivity contribution is 6.07. The van der Waals surface area contributed by atoms with Crippen LogP contribution in [0.5, 0.6) is 0 Å². The molecule has 1 saturated heterocycles. The highest BCUT2D eigenvalue weighted by atomic mass is 19.1. The second-order valence-electron chi connectivity index (χ2n) is 8.24. The summed E-state index contributed by atoms with van der Waals surface area (Å²) >= 11 is 0. The minimum atomic E-state index is -1.39. The molecule has 4 atom stereocenters. The van der Waals surface area contributed by atoms with E-state index < -0.39 is 35.9 Å². The summed E-state index contributed by atoms with van der Waals surface area (Å²) < 4.78 is 42.5. The van der Waals surface area contributed by atoms with Crippen molar-refractivity contribution >= 4 is 22.8 Å². The Morgan fingerprint density at radius 3 is 2.88 bits per heavy atom. The molecular formula is C21H21F3N6O2. The van der Waals surface area contributed by atoms with E-state index in [-0.39, 0.29) is 35.9 Å². The van der Waals surface area contributed by atoms with Gasteiger partial charge in [-0.25, -0.2) is 23.1 Å². The maximum absolute atomic E-state index is 14.4. The third-order valence-corrected chi connectivity index (χ3v) is 6.19. The normalized spacial score (nSPS) is 25.6. The van der Waals surface area contributed by atoms with Crippen LogP contribution in [0, 0.1) is 11.6 Å². The predicted octanol–water partition coefficient (Wildman–Crippen LogP) is 2.88. The number of aromatic nitrogens is 4. The van der Waals surface area contributed by atoms with Crippen molar-refractivity contribution in [3.05, 3.63) is 47.4 Å². The van der Waals surface area contributed by atoms with E-state index in [1.807, 2.05) is 0 Å². The summed E-state index contributed by atoms with van der Waals surface area (Å²) in [6, 6.07) is 1.72. The Bertz CT molecular complexity index is 1170. The number of anilines is 1. The van der Waals surface area contributed by atoms with Crippen molar-refractivity contribution in [2.45, 2.75) is 50.0 Å². The SMILES string of the molecule is O=C(c1[nH]nc2ncnc(N[C@@H]3CCC[C@H]3O)c12)N1C[C@@H](F)C[C@@H]1c1cc(F)ccc1F. The molecule has 2 fully saturated rings. The van der Waals surface area contributed by atoms with Gasteiger partial charge in [-0.05, 0) is 37.5 Å². The largest absolute Gasteiger partial charge is 0.391 e. The molecule has 1 aliphatic carbocycles. The Morgan fingerprint density at radius 1 is 1.25 bits per heavy atom. The number of halogens is 3. The number of carbonyl (C=O) groups excluding carboxylic acids is 1. The average molecular weight is 446 g/mol. The van der Waals surface area contributed by atoms with Crippen molar-refractivity contribution in [3.8, 4) is 0 Å². The Labute approximate surface area is 180 Å². The van der Waals surface area contributed by atoms with Crippen LogP contribution in [-0.2, 0) is 0 Å². The molecule has 1 amide bonds. The van der Waals surface area contributed by atoms with Gasteiger partial charge in [0.15, 0.2) is 5.65 Å². The number of rotatable bonds is 4. The standard InChI is InChI=1S/C21H21F3N6O2/c22-10-4-5-13(24)12(6-10)15-7-11(23)8-30(15)21(32)18-17-19(25-9-26-20(17)29-28-18)27-14-2-1-3-16(14)31/h4-6,9,11,14-16,31H,1-3,7-8H2,(H2,25,26,27,28,29)/t11-,14+,15+,16+/m0/s1. The zero-order valence-corrected chi connectivity index (χ0v) is 16.9. The van der Waals surface area contributed by atoms with Crippen molar-refractivity contribution in [1.29, 1.82) is 0 Å². The first-order valence-electron chi connectivity index (χ1n) is 10.5. The lowest BCUT2D eigenvalue weighted by Crippen LogP contribution is -2.32. The number of benzene rings is 1. The first-order chi connectivity index (χ1) is 15.4. The molecule has 32 heavy (non-hydrogen) atoms. The van der Waals surface area contributed by atoms with Crippen molar-refractivity contribution in [1.82, 2.24) is 25.1 Å². The molecule has 1 aliphatic heterocycles. The molecule has 1 saturated carbocycles. The van der Waals surface area contributed by atoms with Crippen LogP contribution in [0.3, 0.4) is 0 Å². The molecule has 168 valence electrons. The van der Waals surface area contributed by atoms with Crippen molar-refractivity contribution in [2.75, 3.05) is 11.9 Å². The number of hydrogen-bond acceptors (Lipinski definition) is 6. The van der Waals surface area contributed by atoms with E-state index >= 15 is 0 Å². The topological polar surface area (TPSA) is 107 Å². The summed E-state index contributed by atoms with van der Waals surface area (Å²) in [7, 11) is 0. The molecule has 3 N–H and O–H groups in total. The van der Waals surface area contributed by atoms with Gasteiger partial charge in [-0.15, -0.1) is 0 Å². The fourth-order valence-electron chi connectivity index (χ4n) is 4.62. The van der Waals surface area contributed by atoms with Gasteiger partial charge in [-0.3, -0.25) is 9.89 Å². The lowest BCUT2D eigenvalue weighted by molar-refractivity contribution is 0.0722. The first-order valence-corrected chi connectivity index (χ1v) is 10.5. The number of carbonyl (C=O) groups is 1. The van der Waals surface area contributed by atoms with Gasteiger partial charge in [-0.2, -0.15) is 5.10 Å². The predicted molar refractivity (Wildman–Crippen MR) is 109 cm³/mol. The monoisotopic (exact) mass is 446 g/mol. The van der Waals surface area contributed by atoms with Crippen molar-refractivity contribution < 1.29 is 23.1 Å². The van der Waals surface area contributed by atoms with Gasteiger partial charge in [0.25, 0.3) is 5.91 Å². The number of likely N-dealkylation sites (tertiary alicyclic amines) is 1. The molecule has 3 aromatic rings. The molecule has 1 aromatic carbocycles. The lowest BCUT2D eigenvalue weighted by atomic mass is 10.0. The molecule has 2 aliphatic rings. The third kappa shape index (κ3) is 3.56. The molecule has 0 spiro atoms. The third-order valence-electron chi connectivity index (χ3n) is 6.19. The second-order valence-corrected chi connectivity index (χ2v) is 8.24. The minimum Gasteiger partial charge on any atom is -0.391 e. The Balaban J connectivity index is 1.52. The van der Waals surface area contributed by atoms with Gasteiger partial charge < -0.3 is 15.3 Å². The van der Waals surface area contributed by atoms with Crippen molar-refractivity contribution in [3.63, 3.8) is 0 Å². The van der Waals surface area contributed by atoms with Gasteiger partial charge >= 0.3 is 0 Å². The van der Waals surface area contributed by atoms with Crippen LogP contribution in [0.15, 0.2) is 24.5 Å². The number of nitrogens with zero attached hydrogens (tertiary/aromatic N) is 4. The minimum absolute atomic E-state index is 0.0199. The van der Waals surface area contributed by atoms with E-state index in [0.29, 0.717) is 17.6 Å². The Kier molecular flexibility index (Phi) is 5.20. The van der Waals surface area contributed by atoms with Gasteiger partial charge in [0, 0.05) is 12.0 Å². The van der Waals surface area contributed by atoms with E-state index in [1.165, 1.54) is 11.2 Å². The number of aromatic amines is 1. The highest BCUT2D eigenvalue weighted by Crippen LogP contribution is 2.37. The van der Waals surface area contributed by atoms with Crippen LogP contribution < -0.4 is 5.32 Å². The van der Waals surface area contributed by atoms with Gasteiger partial charge in [0.05, 0.1) is 30.1 Å². The van der Waals surface area contributed by atoms with E-state index in [4.69, 9.17) is 0 Å². The number of nitrogens with one attached hydrogen (secondary N) is 2.